The van der Waals surface area contributed by atoms with Gasteiger partial charge in [-0.2, -0.15) is 0 Å². The fourth-order valence-electron chi connectivity index (χ4n) is 0.791. The SMILES string of the molecule is Cc1c(C(F)F)ncc(F)c1Br. The van der Waals surface area contributed by atoms with Gasteiger partial charge in [0, 0.05) is 0 Å². The van der Waals surface area contributed by atoms with Crippen LogP contribution in [0.15, 0.2) is 10.7 Å². The molecule has 5 heteroatoms. The van der Waals surface area contributed by atoms with Crippen LogP contribution in [0, 0.1) is 12.7 Å². The Bertz CT molecular complexity index is 301. The average Bonchev–Trinajstić information content (AvgIpc) is 2.00. The Balaban J connectivity index is 3.27. The monoisotopic (exact) mass is 239 g/mol. The predicted octanol–water partition coefficient (Wildman–Crippen LogP) is 3.23. The fourth-order valence-corrected chi connectivity index (χ4v) is 1.10. The Morgan fingerprint density at radius 1 is 1.50 bits per heavy atom. The van der Waals surface area contributed by atoms with E-state index in [2.05, 4.69) is 20.9 Å². The minimum absolute atomic E-state index is 0.0489. The van der Waals surface area contributed by atoms with Gasteiger partial charge in [-0.15, -0.1) is 0 Å². The molecule has 0 aliphatic carbocycles. The number of hydrogen-bond donors (Lipinski definition) is 0. The largest absolute Gasteiger partial charge is 0.280 e. The highest BCUT2D eigenvalue weighted by Gasteiger charge is 2.16. The predicted molar refractivity (Wildman–Crippen MR) is 41.6 cm³/mol. The van der Waals surface area contributed by atoms with Crippen LogP contribution in [0.5, 0.6) is 0 Å². The van der Waals surface area contributed by atoms with E-state index in [0.717, 1.165) is 6.20 Å². The van der Waals surface area contributed by atoms with Crippen molar-refractivity contribution in [3.05, 3.63) is 27.7 Å². The highest BCUT2D eigenvalue weighted by molar-refractivity contribution is 9.10. The molecule has 0 atom stereocenters. The van der Waals surface area contributed by atoms with Gasteiger partial charge in [0.2, 0.25) is 0 Å². The molecule has 1 aromatic rings. The molecule has 0 spiro atoms. The first-order valence-corrected chi connectivity index (χ1v) is 3.92. The van der Waals surface area contributed by atoms with Gasteiger partial charge in [0.05, 0.1) is 10.7 Å². The molecule has 12 heavy (non-hydrogen) atoms. The number of nitrogens with zero attached hydrogens (tertiary/aromatic N) is 1. The molecule has 0 unspecified atom stereocenters. The van der Waals surface area contributed by atoms with E-state index >= 15 is 0 Å². The van der Waals surface area contributed by atoms with Gasteiger partial charge in [-0.05, 0) is 28.4 Å². The molecule has 0 aromatic carbocycles. The third-order valence-electron chi connectivity index (χ3n) is 1.45. The zero-order valence-corrected chi connectivity index (χ0v) is 7.70. The van der Waals surface area contributed by atoms with Crippen LogP contribution in [0.2, 0.25) is 0 Å². The second-order valence-corrected chi connectivity index (χ2v) is 3.02. The molecule has 1 nitrogen and oxygen atoms in total. The molecular formula is C7H5BrF3N. The van der Waals surface area contributed by atoms with Gasteiger partial charge >= 0.3 is 0 Å². The summed E-state index contributed by atoms with van der Waals surface area (Å²) in [7, 11) is 0. The van der Waals surface area contributed by atoms with Crippen molar-refractivity contribution in [2.24, 2.45) is 0 Å². The van der Waals surface area contributed by atoms with Crippen LogP contribution >= 0.6 is 15.9 Å². The number of hydrogen-bond acceptors (Lipinski definition) is 1. The van der Waals surface area contributed by atoms with Gasteiger partial charge in [0.1, 0.15) is 5.69 Å². The molecule has 0 saturated heterocycles. The fraction of sp³-hybridized carbons (Fsp3) is 0.286. The maximum Gasteiger partial charge on any atom is 0.280 e. The number of aromatic nitrogens is 1. The molecule has 0 amide bonds. The van der Waals surface area contributed by atoms with Crippen molar-refractivity contribution in [2.75, 3.05) is 0 Å². The Hall–Kier alpha value is -0.580. The zero-order valence-electron chi connectivity index (χ0n) is 6.11. The van der Waals surface area contributed by atoms with Crippen LogP contribution < -0.4 is 0 Å². The van der Waals surface area contributed by atoms with Crippen LogP contribution in [-0.4, -0.2) is 4.98 Å². The lowest BCUT2D eigenvalue weighted by Gasteiger charge is -2.05. The van der Waals surface area contributed by atoms with Crippen LogP contribution in [0.1, 0.15) is 17.7 Å². The molecule has 0 aliphatic rings. The molecule has 66 valence electrons. The van der Waals surface area contributed by atoms with Crippen LogP contribution in [0.4, 0.5) is 13.2 Å². The molecular weight excluding hydrogens is 235 g/mol. The maximum atomic E-state index is 12.7. The lowest BCUT2D eigenvalue weighted by atomic mass is 10.2. The minimum atomic E-state index is -2.66. The second kappa shape index (κ2) is 3.43. The second-order valence-electron chi connectivity index (χ2n) is 2.23. The Labute approximate surface area is 75.7 Å². The van der Waals surface area contributed by atoms with Gasteiger partial charge in [0.25, 0.3) is 6.43 Å². The first-order valence-electron chi connectivity index (χ1n) is 3.12. The molecule has 0 N–H and O–H groups in total. The molecule has 0 saturated carbocycles. The molecule has 0 bridgehead atoms. The number of rotatable bonds is 1. The van der Waals surface area contributed by atoms with Gasteiger partial charge in [-0.25, -0.2) is 13.2 Å². The van der Waals surface area contributed by atoms with Gasteiger partial charge < -0.3 is 0 Å². The normalized spacial score (nSPS) is 10.8. The Kier molecular flexibility index (Phi) is 2.72. The van der Waals surface area contributed by atoms with Gasteiger partial charge in [0.15, 0.2) is 5.82 Å². The van der Waals surface area contributed by atoms with Crippen molar-refractivity contribution >= 4 is 15.9 Å². The topological polar surface area (TPSA) is 12.9 Å². The number of halogens is 4. The van der Waals surface area contributed by atoms with E-state index in [4.69, 9.17) is 0 Å². The van der Waals surface area contributed by atoms with Gasteiger partial charge in [-0.3, -0.25) is 4.98 Å². The zero-order chi connectivity index (χ0) is 9.30. The van der Waals surface area contributed by atoms with Gasteiger partial charge in [-0.1, -0.05) is 0 Å². The van der Waals surface area contributed by atoms with Crippen LogP contribution in [-0.2, 0) is 0 Å². The lowest BCUT2D eigenvalue weighted by Crippen LogP contribution is -1.97. The number of pyridine rings is 1. The lowest BCUT2D eigenvalue weighted by molar-refractivity contribution is 0.145. The van der Waals surface area contributed by atoms with Crippen molar-refractivity contribution in [1.82, 2.24) is 4.98 Å². The van der Waals surface area contributed by atoms with Crippen LogP contribution in [0.3, 0.4) is 0 Å². The maximum absolute atomic E-state index is 12.7. The first-order chi connectivity index (χ1) is 5.54. The first kappa shape index (κ1) is 9.51. The van der Waals surface area contributed by atoms with E-state index in [-0.39, 0.29) is 15.7 Å². The van der Waals surface area contributed by atoms with Crippen molar-refractivity contribution in [2.45, 2.75) is 13.3 Å². The third kappa shape index (κ3) is 1.60. The Morgan fingerprint density at radius 3 is 2.58 bits per heavy atom. The van der Waals surface area contributed by atoms with Crippen LogP contribution in [0.25, 0.3) is 0 Å². The van der Waals surface area contributed by atoms with Crippen molar-refractivity contribution in [1.29, 1.82) is 0 Å². The van der Waals surface area contributed by atoms with Crippen molar-refractivity contribution in [3.8, 4) is 0 Å². The smallest absolute Gasteiger partial charge is 0.252 e. The van der Waals surface area contributed by atoms with E-state index in [1.165, 1.54) is 6.92 Å². The van der Waals surface area contributed by atoms with E-state index in [1.54, 1.807) is 0 Å². The summed E-state index contributed by atoms with van der Waals surface area (Å²) in [6.45, 7) is 1.39. The molecule has 1 heterocycles. The minimum Gasteiger partial charge on any atom is -0.252 e. The van der Waals surface area contributed by atoms with Crippen molar-refractivity contribution < 1.29 is 13.2 Å². The molecule has 0 aliphatic heterocycles. The Morgan fingerprint density at radius 2 is 2.08 bits per heavy atom. The summed E-state index contributed by atoms with van der Waals surface area (Å²) >= 11 is 2.85. The highest BCUT2D eigenvalue weighted by Crippen LogP contribution is 2.27. The van der Waals surface area contributed by atoms with E-state index in [9.17, 15) is 13.2 Å². The van der Waals surface area contributed by atoms with E-state index in [1.807, 2.05) is 0 Å². The molecule has 0 fully saturated rings. The van der Waals surface area contributed by atoms with E-state index in [0.29, 0.717) is 0 Å². The quantitative estimate of drug-likeness (QED) is 0.734. The number of alkyl halides is 2. The summed E-state index contributed by atoms with van der Waals surface area (Å²) < 4.78 is 37.0. The summed E-state index contributed by atoms with van der Waals surface area (Å²) in [6, 6.07) is 0. The summed E-state index contributed by atoms with van der Waals surface area (Å²) in [5.74, 6) is -0.628. The highest BCUT2D eigenvalue weighted by atomic mass is 79.9. The molecule has 1 aromatic heterocycles. The summed E-state index contributed by atoms with van der Waals surface area (Å²) in [5, 5.41) is 0. The summed E-state index contributed by atoms with van der Waals surface area (Å²) in [5.41, 5.74) is -0.242. The summed E-state index contributed by atoms with van der Waals surface area (Å²) in [6.07, 6.45) is -1.89. The van der Waals surface area contributed by atoms with E-state index < -0.39 is 12.2 Å². The molecule has 0 radical (unpaired) electrons. The summed E-state index contributed by atoms with van der Waals surface area (Å²) in [4.78, 5) is 3.28. The standard InChI is InChI=1S/C7H5BrF3N/c1-3-5(8)4(9)2-12-6(3)7(10)11/h2,7H,1H3. The third-order valence-corrected chi connectivity index (χ3v) is 2.42. The molecule has 1 rings (SSSR count). The van der Waals surface area contributed by atoms with Crippen molar-refractivity contribution in [3.63, 3.8) is 0 Å². The average molecular weight is 240 g/mol.